The van der Waals surface area contributed by atoms with E-state index < -0.39 is 23.5 Å². The second-order valence-electron chi connectivity index (χ2n) is 10.4. The molecule has 0 atom stereocenters. The van der Waals surface area contributed by atoms with E-state index in [2.05, 4.69) is 15.0 Å². The van der Waals surface area contributed by atoms with Crippen molar-refractivity contribution >= 4 is 21.8 Å². The molecule has 0 spiro atoms. The zero-order valence-corrected chi connectivity index (χ0v) is 23.1. The first kappa shape index (κ1) is 28.3. The highest BCUT2D eigenvalue weighted by atomic mass is 19.4. The fraction of sp³-hybridized carbons (Fsp3) is 0.0571. The number of alkyl halides is 6. The van der Waals surface area contributed by atoms with Crippen LogP contribution in [0, 0.1) is 0 Å². The number of hydrogen-bond acceptors (Lipinski definition) is 3. The summed E-state index contributed by atoms with van der Waals surface area (Å²) >= 11 is 0. The number of nitrogens with zero attached hydrogens (tertiary/aromatic N) is 4. The lowest BCUT2D eigenvalue weighted by Crippen LogP contribution is -2.05. The van der Waals surface area contributed by atoms with Gasteiger partial charge in [-0.25, -0.2) is 15.0 Å². The molecule has 0 unspecified atom stereocenters. The lowest BCUT2D eigenvalue weighted by molar-refractivity contribution is -0.138. The fourth-order valence-electron chi connectivity index (χ4n) is 5.35. The van der Waals surface area contributed by atoms with Crippen LogP contribution in [0.25, 0.3) is 61.7 Å². The van der Waals surface area contributed by atoms with E-state index >= 15 is 0 Å². The van der Waals surface area contributed by atoms with Crippen LogP contribution in [0.2, 0.25) is 0 Å². The fourth-order valence-corrected chi connectivity index (χ4v) is 5.35. The van der Waals surface area contributed by atoms with Crippen LogP contribution in [0.3, 0.4) is 0 Å². The molecule has 2 heterocycles. The minimum atomic E-state index is -4.64. The number of halogens is 6. The maximum Gasteiger partial charge on any atom is 0.416 e. The normalized spacial score (nSPS) is 12.2. The average molecular weight is 611 g/mol. The van der Waals surface area contributed by atoms with Gasteiger partial charge in [-0.15, -0.1) is 0 Å². The van der Waals surface area contributed by atoms with Gasteiger partial charge in [-0.1, -0.05) is 72.8 Å². The Kier molecular flexibility index (Phi) is 6.65. The van der Waals surface area contributed by atoms with Gasteiger partial charge in [0.05, 0.1) is 22.2 Å². The van der Waals surface area contributed by atoms with E-state index in [0.717, 1.165) is 35.4 Å². The van der Waals surface area contributed by atoms with Crippen molar-refractivity contribution in [3.8, 4) is 39.9 Å². The Labute approximate surface area is 252 Å². The number of benzene rings is 5. The Morgan fingerprint density at radius 2 is 0.800 bits per heavy atom. The first-order valence-corrected chi connectivity index (χ1v) is 13.8. The van der Waals surface area contributed by atoms with Crippen molar-refractivity contribution < 1.29 is 26.3 Å². The van der Waals surface area contributed by atoms with Crippen molar-refractivity contribution in [3.63, 3.8) is 0 Å². The van der Waals surface area contributed by atoms with Gasteiger partial charge in [0, 0.05) is 33.2 Å². The highest BCUT2D eigenvalue weighted by Crippen LogP contribution is 2.40. The molecular formula is C35H20F6N4. The first-order chi connectivity index (χ1) is 21.6. The Hall–Kier alpha value is -5.51. The molecule has 0 N–H and O–H groups in total. The van der Waals surface area contributed by atoms with Crippen LogP contribution in [0.4, 0.5) is 26.3 Å². The lowest BCUT2D eigenvalue weighted by atomic mass is 10.1. The highest BCUT2D eigenvalue weighted by Gasteiger charge is 2.33. The van der Waals surface area contributed by atoms with Crippen molar-refractivity contribution in [1.82, 2.24) is 19.5 Å². The molecule has 0 saturated carbocycles. The van der Waals surface area contributed by atoms with Crippen molar-refractivity contribution in [2.24, 2.45) is 0 Å². The van der Waals surface area contributed by atoms with Gasteiger partial charge >= 0.3 is 12.4 Å². The molecule has 222 valence electrons. The van der Waals surface area contributed by atoms with Crippen molar-refractivity contribution in [3.05, 3.63) is 132 Å². The van der Waals surface area contributed by atoms with Gasteiger partial charge in [0.2, 0.25) is 0 Å². The summed E-state index contributed by atoms with van der Waals surface area (Å²) < 4.78 is 83.6. The molecule has 4 nitrogen and oxygen atoms in total. The molecule has 0 amide bonds. The summed E-state index contributed by atoms with van der Waals surface area (Å²) in [4.78, 5) is 14.1. The van der Waals surface area contributed by atoms with Crippen molar-refractivity contribution in [2.75, 3.05) is 0 Å². The van der Waals surface area contributed by atoms with E-state index in [1.54, 1.807) is 24.3 Å². The standard InChI is InChI=1S/C35H20F6N4/c36-34(37,38)24-13-17-27-28-18-14-25(35(39,40)41)20-30(28)45(29(27)19-24)26-15-11-23(12-16-26)33-43-31(21-7-3-1-4-8-21)42-32(44-33)22-9-5-2-6-10-22/h1-20H. The van der Waals surface area contributed by atoms with Gasteiger partial charge in [0.25, 0.3) is 0 Å². The second kappa shape index (κ2) is 10.6. The van der Waals surface area contributed by atoms with E-state index in [4.69, 9.17) is 0 Å². The third kappa shape index (κ3) is 5.28. The molecule has 0 fully saturated rings. The Balaban J connectivity index is 1.40. The van der Waals surface area contributed by atoms with E-state index in [1.165, 1.54) is 16.7 Å². The zero-order valence-electron chi connectivity index (χ0n) is 23.1. The molecule has 5 aromatic carbocycles. The van der Waals surface area contributed by atoms with Crippen LogP contribution in [-0.2, 0) is 12.4 Å². The Bertz CT molecular complexity index is 2040. The SMILES string of the molecule is FC(F)(F)c1ccc2c3ccc(C(F)(F)F)cc3n(-c3ccc(-c4nc(-c5ccccc5)nc(-c5ccccc5)n4)cc3)c2c1. The molecule has 0 aliphatic carbocycles. The molecular weight excluding hydrogens is 590 g/mol. The number of aromatic nitrogens is 4. The van der Waals surface area contributed by atoms with Crippen molar-refractivity contribution in [1.29, 1.82) is 0 Å². The predicted octanol–water partition coefficient (Wildman–Crippen LogP) is 10.0. The third-order valence-electron chi connectivity index (χ3n) is 7.51. The van der Waals surface area contributed by atoms with Gasteiger partial charge in [0.15, 0.2) is 17.5 Å². The number of fused-ring (bicyclic) bond motifs is 3. The molecule has 0 aliphatic rings. The molecule has 45 heavy (non-hydrogen) atoms. The number of hydrogen-bond donors (Lipinski definition) is 0. The van der Waals surface area contributed by atoms with E-state index in [1.807, 2.05) is 60.7 Å². The first-order valence-electron chi connectivity index (χ1n) is 13.8. The Morgan fingerprint density at radius 1 is 0.422 bits per heavy atom. The molecule has 0 radical (unpaired) electrons. The van der Waals surface area contributed by atoms with Gasteiger partial charge in [-0.3, -0.25) is 0 Å². The largest absolute Gasteiger partial charge is 0.416 e. The summed E-state index contributed by atoms with van der Waals surface area (Å²) in [6, 6.07) is 31.8. The lowest BCUT2D eigenvalue weighted by Gasteiger charge is -2.12. The molecule has 10 heteroatoms. The highest BCUT2D eigenvalue weighted by molar-refractivity contribution is 6.09. The number of rotatable bonds is 4. The predicted molar refractivity (Wildman–Crippen MR) is 160 cm³/mol. The topological polar surface area (TPSA) is 43.6 Å². The van der Waals surface area contributed by atoms with Crippen LogP contribution < -0.4 is 0 Å². The maximum atomic E-state index is 13.7. The molecule has 2 aromatic heterocycles. The zero-order chi connectivity index (χ0) is 31.3. The minimum absolute atomic E-state index is 0.129. The summed E-state index contributed by atoms with van der Waals surface area (Å²) in [6.45, 7) is 0. The van der Waals surface area contributed by atoms with E-state index in [9.17, 15) is 26.3 Å². The Morgan fingerprint density at radius 3 is 1.18 bits per heavy atom. The monoisotopic (exact) mass is 610 g/mol. The summed E-state index contributed by atoms with van der Waals surface area (Å²) in [7, 11) is 0. The maximum absolute atomic E-state index is 13.7. The smallest absolute Gasteiger partial charge is 0.309 e. The summed E-state index contributed by atoms with van der Waals surface area (Å²) in [5.74, 6) is 1.26. The molecule has 0 saturated heterocycles. The minimum Gasteiger partial charge on any atom is -0.309 e. The van der Waals surface area contributed by atoms with Crippen LogP contribution in [0.5, 0.6) is 0 Å². The quantitative estimate of drug-likeness (QED) is 0.186. The second-order valence-corrected chi connectivity index (χ2v) is 10.4. The van der Waals surface area contributed by atoms with Crippen LogP contribution in [0.1, 0.15) is 11.1 Å². The van der Waals surface area contributed by atoms with Gasteiger partial charge in [-0.05, 0) is 48.5 Å². The van der Waals surface area contributed by atoms with E-state index in [-0.39, 0.29) is 11.0 Å². The van der Waals surface area contributed by atoms with E-state index in [0.29, 0.717) is 39.5 Å². The molecule has 0 bridgehead atoms. The third-order valence-corrected chi connectivity index (χ3v) is 7.51. The van der Waals surface area contributed by atoms with Crippen LogP contribution >= 0.6 is 0 Å². The van der Waals surface area contributed by atoms with Gasteiger partial charge in [-0.2, -0.15) is 26.3 Å². The summed E-state index contributed by atoms with van der Waals surface area (Å²) in [6.07, 6.45) is -9.27. The van der Waals surface area contributed by atoms with Crippen LogP contribution in [-0.4, -0.2) is 19.5 Å². The van der Waals surface area contributed by atoms with Gasteiger partial charge in [0.1, 0.15) is 0 Å². The molecule has 7 aromatic rings. The van der Waals surface area contributed by atoms with Gasteiger partial charge < -0.3 is 4.57 Å². The molecule has 0 aliphatic heterocycles. The summed E-state index contributed by atoms with van der Waals surface area (Å²) in [5.41, 5.74) is 0.968. The summed E-state index contributed by atoms with van der Waals surface area (Å²) in [5, 5.41) is 0.793. The average Bonchev–Trinajstić information content (AvgIpc) is 3.38. The molecule has 7 rings (SSSR count). The van der Waals surface area contributed by atoms with Crippen LogP contribution in [0.15, 0.2) is 121 Å². The van der Waals surface area contributed by atoms with Crippen molar-refractivity contribution in [2.45, 2.75) is 12.4 Å².